The number of carboxylic acid groups (broad SMARTS) is 1. The second-order valence-corrected chi connectivity index (χ2v) is 4.13. The van der Waals surface area contributed by atoms with Crippen molar-refractivity contribution in [2.24, 2.45) is 0 Å². The second-order valence-electron chi connectivity index (χ2n) is 4.13. The first-order chi connectivity index (χ1) is 9.43. The first-order valence-corrected chi connectivity index (χ1v) is 5.93. The molecule has 0 radical (unpaired) electrons. The molecule has 0 aliphatic rings. The van der Waals surface area contributed by atoms with Crippen molar-refractivity contribution in [1.82, 2.24) is 4.90 Å². The highest BCUT2D eigenvalue weighted by molar-refractivity contribution is 5.97. The Labute approximate surface area is 116 Å². The molecule has 0 bridgehead atoms. The Morgan fingerprint density at radius 2 is 1.90 bits per heavy atom. The molecule has 6 nitrogen and oxygen atoms in total. The second kappa shape index (κ2) is 7.08. The first kappa shape index (κ1) is 15.4. The summed E-state index contributed by atoms with van der Waals surface area (Å²) in [6, 6.07) is 6.24. The SMILES string of the molecule is C=CCN(CC(=O)O)C(=O)c1ccc(NC(C)=O)cc1. The molecular formula is C14H16N2O4. The summed E-state index contributed by atoms with van der Waals surface area (Å²) in [4.78, 5) is 34.9. The highest BCUT2D eigenvalue weighted by atomic mass is 16.4. The molecule has 1 aromatic rings. The van der Waals surface area contributed by atoms with E-state index >= 15 is 0 Å². The molecule has 1 rings (SSSR count). The molecule has 6 heteroatoms. The van der Waals surface area contributed by atoms with Crippen molar-refractivity contribution in [3.05, 3.63) is 42.5 Å². The van der Waals surface area contributed by atoms with Crippen molar-refractivity contribution >= 4 is 23.5 Å². The van der Waals surface area contributed by atoms with Gasteiger partial charge >= 0.3 is 5.97 Å². The molecule has 0 saturated carbocycles. The van der Waals surface area contributed by atoms with Crippen molar-refractivity contribution in [2.45, 2.75) is 6.92 Å². The maximum absolute atomic E-state index is 12.1. The summed E-state index contributed by atoms with van der Waals surface area (Å²) in [5.74, 6) is -1.69. The number of aliphatic carboxylic acids is 1. The Morgan fingerprint density at radius 3 is 2.35 bits per heavy atom. The standard InChI is InChI=1S/C14H16N2O4/c1-3-8-16(9-13(18)19)14(20)11-4-6-12(7-5-11)15-10(2)17/h3-7H,1,8-9H2,2H3,(H,15,17)(H,18,19). The lowest BCUT2D eigenvalue weighted by Gasteiger charge is -2.19. The molecular weight excluding hydrogens is 260 g/mol. The van der Waals surface area contributed by atoms with Crippen molar-refractivity contribution in [3.63, 3.8) is 0 Å². The van der Waals surface area contributed by atoms with Crippen LogP contribution in [0.2, 0.25) is 0 Å². The van der Waals surface area contributed by atoms with Gasteiger partial charge in [-0.15, -0.1) is 6.58 Å². The van der Waals surface area contributed by atoms with Gasteiger partial charge in [0.1, 0.15) is 6.54 Å². The van der Waals surface area contributed by atoms with Crippen molar-refractivity contribution in [3.8, 4) is 0 Å². The predicted molar refractivity (Wildman–Crippen MR) is 74.5 cm³/mol. The van der Waals surface area contributed by atoms with Gasteiger partial charge in [0.05, 0.1) is 0 Å². The minimum absolute atomic E-state index is 0.151. The maximum atomic E-state index is 12.1. The summed E-state index contributed by atoms with van der Waals surface area (Å²) >= 11 is 0. The molecule has 106 valence electrons. The highest BCUT2D eigenvalue weighted by Gasteiger charge is 2.17. The van der Waals surface area contributed by atoms with Gasteiger partial charge in [-0.2, -0.15) is 0 Å². The van der Waals surface area contributed by atoms with Gasteiger partial charge in [0.25, 0.3) is 5.91 Å². The van der Waals surface area contributed by atoms with Crippen molar-refractivity contribution < 1.29 is 19.5 Å². The Hall–Kier alpha value is -2.63. The number of hydrogen-bond donors (Lipinski definition) is 2. The lowest BCUT2D eigenvalue weighted by molar-refractivity contribution is -0.137. The smallest absolute Gasteiger partial charge is 0.323 e. The third-order valence-corrected chi connectivity index (χ3v) is 2.42. The summed E-state index contributed by atoms with van der Waals surface area (Å²) in [5.41, 5.74) is 0.921. The molecule has 0 atom stereocenters. The van der Waals surface area contributed by atoms with Crippen LogP contribution >= 0.6 is 0 Å². The zero-order chi connectivity index (χ0) is 15.1. The Morgan fingerprint density at radius 1 is 1.30 bits per heavy atom. The molecule has 0 saturated heterocycles. The Bertz CT molecular complexity index is 522. The van der Waals surface area contributed by atoms with E-state index in [2.05, 4.69) is 11.9 Å². The van der Waals surface area contributed by atoms with E-state index in [0.717, 1.165) is 0 Å². The van der Waals surface area contributed by atoms with Crippen LogP contribution in [0, 0.1) is 0 Å². The van der Waals surface area contributed by atoms with Gasteiger partial charge in [0.2, 0.25) is 5.91 Å². The van der Waals surface area contributed by atoms with Crippen LogP contribution in [-0.2, 0) is 9.59 Å². The van der Waals surface area contributed by atoms with Gasteiger partial charge in [-0.3, -0.25) is 14.4 Å². The molecule has 20 heavy (non-hydrogen) atoms. The quantitative estimate of drug-likeness (QED) is 0.768. The van der Waals surface area contributed by atoms with Crippen LogP contribution < -0.4 is 5.32 Å². The number of anilines is 1. The number of carbonyl (C=O) groups excluding carboxylic acids is 2. The van der Waals surface area contributed by atoms with Crippen LogP contribution in [0.25, 0.3) is 0 Å². The van der Waals surface area contributed by atoms with Crippen LogP contribution in [-0.4, -0.2) is 40.9 Å². The first-order valence-electron chi connectivity index (χ1n) is 5.93. The molecule has 0 aliphatic carbocycles. The lowest BCUT2D eigenvalue weighted by Crippen LogP contribution is -2.35. The summed E-state index contributed by atoms with van der Waals surface area (Å²) in [7, 11) is 0. The van der Waals surface area contributed by atoms with E-state index in [-0.39, 0.29) is 12.5 Å². The average molecular weight is 276 g/mol. The minimum atomic E-state index is -1.09. The fourth-order valence-electron chi connectivity index (χ4n) is 1.62. The van der Waals surface area contributed by atoms with Crippen LogP contribution in [0.3, 0.4) is 0 Å². The Kier molecular flexibility index (Phi) is 5.46. The summed E-state index contributed by atoms with van der Waals surface area (Å²) in [6.07, 6.45) is 1.46. The minimum Gasteiger partial charge on any atom is -0.480 e. The number of carbonyl (C=O) groups is 3. The zero-order valence-corrected chi connectivity index (χ0v) is 11.1. The van der Waals surface area contributed by atoms with Crippen molar-refractivity contribution in [2.75, 3.05) is 18.4 Å². The molecule has 2 N–H and O–H groups in total. The van der Waals surface area contributed by atoms with Gasteiger partial charge in [0.15, 0.2) is 0 Å². The van der Waals surface area contributed by atoms with Crippen LogP contribution in [0.15, 0.2) is 36.9 Å². The maximum Gasteiger partial charge on any atom is 0.323 e. The fourth-order valence-corrected chi connectivity index (χ4v) is 1.62. The van der Waals surface area contributed by atoms with Gasteiger partial charge < -0.3 is 15.3 Å². The number of carboxylic acids is 1. The lowest BCUT2D eigenvalue weighted by atomic mass is 10.1. The number of benzene rings is 1. The number of hydrogen-bond acceptors (Lipinski definition) is 3. The molecule has 0 fully saturated rings. The third-order valence-electron chi connectivity index (χ3n) is 2.42. The van der Waals surface area contributed by atoms with E-state index in [4.69, 9.17) is 5.11 Å². The molecule has 0 heterocycles. The van der Waals surface area contributed by atoms with E-state index in [0.29, 0.717) is 11.3 Å². The number of rotatable bonds is 6. The summed E-state index contributed by atoms with van der Waals surface area (Å²) in [5, 5.41) is 11.4. The zero-order valence-electron chi connectivity index (χ0n) is 11.1. The largest absolute Gasteiger partial charge is 0.480 e. The normalized spacial score (nSPS) is 9.65. The third kappa shape index (κ3) is 4.56. The van der Waals surface area contributed by atoms with Crippen LogP contribution in [0.5, 0.6) is 0 Å². The molecule has 0 unspecified atom stereocenters. The van der Waals surface area contributed by atoms with E-state index in [1.807, 2.05) is 0 Å². The van der Waals surface area contributed by atoms with Gasteiger partial charge in [-0.05, 0) is 24.3 Å². The predicted octanol–water partition coefficient (Wildman–Crippen LogP) is 1.36. The van der Waals surface area contributed by atoms with E-state index < -0.39 is 18.4 Å². The number of nitrogens with one attached hydrogen (secondary N) is 1. The monoisotopic (exact) mass is 276 g/mol. The van der Waals surface area contributed by atoms with Gasteiger partial charge in [0, 0.05) is 24.7 Å². The van der Waals surface area contributed by atoms with Crippen LogP contribution in [0.1, 0.15) is 17.3 Å². The molecule has 2 amide bonds. The van der Waals surface area contributed by atoms with Crippen LogP contribution in [0.4, 0.5) is 5.69 Å². The molecule has 0 aromatic heterocycles. The molecule has 0 spiro atoms. The topological polar surface area (TPSA) is 86.7 Å². The number of amides is 2. The number of nitrogens with zero attached hydrogens (tertiary/aromatic N) is 1. The van der Waals surface area contributed by atoms with Gasteiger partial charge in [-0.25, -0.2) is 0 Å². The summed E-state index contributed by atoms with van der Waals surface area (Å²) in [6.45, 7) is 4.64. The van der Waals surface area contributed by atoms with Gasteiger partial charge in [-0.1, -0.05) is 6.08 Å². The van der Waals surface area contributed by atoms with E-state index in [9.17, 15) is 14.4 Å². The fraction of sp³-hybridized carbons (Fsp3) is 0.214. The van der Waals surface area contributed by atoms with E-state index in [1.54, 1.807) is 12.1 Å². The Balaban J connectivity index is 2.85. The highest BCUT2D eigenvalue weighted by Crippen LogP contribution is 2.11. The molecule has 1 aromatic carbocycles. The van der Waals surface area contributed by atoms with E-state index in [1.165, 1.54) is 30.0 Å². The molecule has 0 aliphatic heterocycles. The van der Waals surface area contributed by atoms with Crippen molar-refractivity contribution in [1.29, 1.82) is 0 Å². The summed E-state index contributed by atoms with van der Waals surface area (Å²) < 4.78 is 0. The average Bonchev–Trinajstić information content (AvgIpc) is 2.37.